The topological polar surface area (TPSA) is 325 Å². The second-order valence-electron chi connectivity index (χ2n) is 30.6. The molecular weight excluding hydrogens is 1880 g/mol. The number of esters is 3. The van der Waals surface area contributed by atoms with Crippen molar-refractivity contribution < 1.29 is 71.3 Å². The molecule has 3 aliphatic rings. The smallest absolute Gasteiger partial charge is 0.345 e. The first-order valence-corrected chi connectivity index (χ1v) is 47.0. The number of pyridine rings is 3. The zero-order valence-electron chi connectivity index (χ0n) is 74.4. The third kappa shape index (κ3) is 25.3. The SMILES string of the molecule is CCOC(=O)c1cn(-c2ccc3nc(C)sc3c2)c(-c2ccc(Br)cc2)cc1=O.CCOC(=O)c1cn(-c2ccc3nc(C)sc3c2)c(-c2ccc(N3CC[C@@H](OCCOC)C3)cc2)cc1=O.CCOC(=O)c1coc(-c2ccc(Br)cc2)cc1=O.COCCO[C@@H]1CCN(c2ccc(-c3cc(=O)c(C(=O)O)cn3-c3ccc4nc(C)sc4c3)cc2)C1.COCCO[C@@H]1CCNC1. The summed E-state index contributed by atoms with van der Waals surface area (Å²) in [6.45, 7) is 21.0. The second kappa shape index (κ2) is 47.0. The highest BCUT2D eigenvalue weighted by molar-refractivity contribution is 9.10. The van der Waals surface area contributed by atoms with Crippen LogP contribution in [-0.2, 0) is 42.6 Å². The third-order valence-corrected chi connectivity index (χ3v) is 25.4. The number of rotatable bonds is 28. The molecule has 14 aromatic rings. The van der Waals surface area contributed by atoms with E-state index in [0.29, 0.717) is 62.0 Å². The van der Waals surface area contributed by atoms with Gasteiger partial charge in [-0.15, -0.1) is 34.0 Å². The number of ether oxygens (including phenoxy) is 9. The predicted octanol–water partition coefficient (Wildman–Crippen LogP) is 17.8. The Morgan fingerprint density at radius 3 is 1.12 bits per heavy atom. The van der Waals surface area contributed by atoms with Gasteiger partial charge < -0.3 is 81.0 Å². The largest absolute Gasteiger partial charge is 0.477 e. The highest BCUT2D eigenvalue weighted by Gasteiger charge is 2.28. The van der Waals surface area contributed by atoms with Crippen LogP contribution < -0.4 is 36.8 Å². The van der Waals surface area contributed by atoms with Crippen molar-refractivity contribution in [1.29, 1.82) is 0 Å². The van der Waals surface area contributed by atoms with Crippen molar-refractivity contribution in [3.8, 4) is 62.2 Å². The molecule has 17 rings (SSSR count). The number of aromatic nitrogens is 6. The number of fused-ring (bicyclic) bond motifs is 3. The van der Waals surface area contributed by atoms with Crippen LogP contribution in [0.1, 0.15) is 96.5 Å². The first-order valence-electron chi connectivity index (χ1n) is 43.0. The van der Waals surface area contributed by atoms with Crippen LogP contribution in [0.15, 0.2) is 233 Å². The molecule has 0 unspecified atom stereocenters. The Hall–Kier alpha value is -11.8. The first-order chi connectivity index (χ1) is 63.9. The Balaban J connectivity index is 0.000000147. The lowest BCUT2D eigenvalue weighted by Gasteiger charge is -2.20. The van der Waals surface area contributed by atoms with Gasteiger partial charge in [0.25, 0.3) is 0 Å². The fourth-order valence-electron chi connectivity index (χ4n) is 15.0. The zero-order chi connectivity index (χ0) is 93.5. The van der Waals surface area contributed by atoms with Crippen LogP contribution in [0.5, 0.6) is 0 Å². The van der Waals surface area contributed by atoms with E-state index in [2.05, 4.69) is 74.1 Å². The lowest BCUT2D eigenvalue weighted by molar-refractivity contribution is 0.0272. The van der Waals surface area contributed by atoms with Crippen LogP contribution >= 0.6 is 65.9 Å². The van der Waals surface area contributed by atoms with E-state index in [4.69, 9.17) is 47.0 Å². The van der Waals surface area contributed by atoms with Gasteiger partial charge in [0.05, 0.1) is 141 Å². The lowest BCUT2D eigenvalue weighted by atomic mass is 10.1. The maximum absolute atomic E-state index is 13.0. The summed E-state index contributed by atoms with van der Waals surface area (Å²) in [6, 6.07) is 54.4. The molecule has 132 heavy (non-hydrogen) atoms. The minimum absolute atomic E-state index is 0.00406. The van der Waals surface area contributed by atoms with Crippen LogP contribution in [0.25, 0.3) is 92.8 Å². The van der Waals surface area contributed by atoms with Crippen molar-refractivity contribution >= 4 is 132 Å². The van der Waals surface area contributed by atoms with Gasteiger partial charge in [0, 0.05) is 140 Å². The molecule has 688 valence electrons. The molecule has 0 spiro atoms. The van der Waals surface area contributed by atoms with Gasteiger partial charge in [-0.3, -0.25) is 19.2 Å². The summed E-state index contributed by atoms with van der Waals surface area (Å²) in [6.07, 6.45) is 9.56. The predicted molar refractivity (Wildman–Crippen MR) is 523 cm³/mol. The number of carboxylic acids is 1. The maximum atomic E-state index is 13.0. The molecule has 0 bridgehead atoms. The number of nitrogens with zero attached hydrogens (tertiary/aromatic N) is 8. The van der Waals surface area contributed by atoms with Crippen molar-refractivity contribution in [3.63, 3.8) is 0 Å². The number of carboxylic acid groups (broad SMARTS) is 1. The summed E-state index contributed by atoms with van der Waals surface area (Å²) < 4.78 is 63.0. The van der Waals surface area contributed by atoms with Gasteiger partial charge in [0.15, 0.2) is 21.7 Å². The number of anilines is 2. The molecule has 7 aromatic carbocycles. The highest BCUT2D eigenvalue weighted by atomic mass is 79.9. The van der Waals surface area contributed by atoms with Crippen LogP contribution in [0.4, 0.5) is 11.4 Å². The van der Waals surface area contributed by atoms with E-state index < -0.39 is 34.7 Å². The second-order valence-corrected chi connectivity index (χ2v) is 36.1. The number of thiazole rings is 3. The summed E-state index contributed by atoms with van der Waals surface area (Å²) in [5.41, 5.74) is 10.6. The van der Waals surface area contributed by atoms with Gasteiger partial charge in [0.2, 0.25) is 0 Å². The maximum Gasteiger partial charge on any atom is 0.345 e. The molecule has 28 nitrogen and oxygen atoms in total. The minimum Gasteiger partial charge on any atom is -0.477 e. The van der Waals surface area contributed by atoms with Gasteiger partial charge in [0.1, 0.15) is 34.3 Å². The summed E-state index contributed by atoms with van der Waals surface area (Å²) in [4.78, 5) is 116. The Labute approximate surface area is 790 Å². The molecule has 33 heteroatoms. The number of nitrogens with one attached hydrogen (secondary N) is 1. The van der Waals surface area contributed by atoms with E-state index in [1.54, 1.807) is 93.1 Å². The van der Waals surface area contributed by atoms with E-state index in [0.717, 1.165) is 177 Å². The standard InChI is InChI=1S/C29H31N3O5S.C27H27N3O5S.C22H17BrN2O3S.C14H11BrO4.C7H15NO2/c1-4-36-29(34)24-18-32(22-9-10-25-28(15-22)38-19(2)30-25)26(16-27(24)33)20-5-7-21(8-6-20)31-12-11-23(17-31)37-14-13-35-3;1-17-28-23-8-7-20(13-26(23)36-17)30-16-22(27(32)33)25(31)14-24(30)18-3-5-19(6-4-18)29-10-9-21(15-29)35-12-11-34-2;1-3-28-22(27)17-12-25(16-8-9-18-21(10-16)29-13(2)24-18)19(11-20(17)26)14-4-6-15(23)7-5-14;1-2-18-14(17)11-8-19-13(7-12(11)16)9-3-5-10(15)6-4-9;1-9-4-5-10-7-2-3-8-6-7/h5-10,15-16,18,23H,4,11-14,17H2,1-3H3;3-8,13-14,16,21H,9-12,15H2,1-2H3,(H,32,33);4-12H,3H2,1-2H3;3-8H,2H2,1H3;7-8H,2-6H2,1H3/t23-;21-;;;7-/m11..1/s1. The number of halogens is 2. The Morgan fingerprint density at radius 2 is 0.765 bits per heavy atom. The third-order valence-electron chi connectivity index (χ3n) is 21.5. The van der Waals surface area contributed by atoms with Crippen molar-refractivity contribution in [2.45, 2.75) is 79.1 Å². The molecule has 0 saturated carbocycles. The van der Waals surface area contributed by atoms with Crippen LogP contribution in [0, 0.1) is 20.8 Å². The van der Waals surface area contributed by atoms with E-state index in [1.807, 2.05) is 169 Å². The van der Waals surface area contributed by atoms with Gasteiger partial charge >= 0.3 is 23.9 Å². The van der Waals surface area contributed by atoms with Crippen LogP contribution in [0.2, 0.25) is 0 Å². The Kier molecular flexibility index (Phi) is 34.8. The average Bonchev–Trinajstić information content (AvgIpc) is 1.28. The van der Waals surface area contributed by atoms with Crippen molar-refractivity contribution in [2.75, 3.05) is 130 Å². The number of aryl methyl sites for hydroxylation is 3. The molecule has 3 fully saturated rings. The fraction of sp³-hybridized carbons (Fsp3) is 0.303. The minimum atomic E-state index is -1.25. The van der Waals surface area contributed by atoms with E-state index in [1.165, 1.54) is 30.5 Å². The van der Waals surface area contributed by atoms with Crippen molar-refractivity contribution in [2.24, 2.45) is 0 Å². The molecule has 10 heterocycles. The van der Waals surface area contributed by atoms with E-state index >= 15 is 0 Å². The fourth-order valence-corrected chi connectivity index (χ4v) is 18.1. The molecule has 3 saturated heterocycles. The molecule has 7 aromatic heterocycles. The van der Waals surface area contributed by atoms with Crippen molar-refractivity contribution in [1.82, 2.24) is 34.0 Å². The van der Waals surface area contributed by atoms with Gasteiger partial charge in [-0.2, -0.15) is 0 Å². The summed E-state index contributed by atoms with van der Waals surface area (Å²) in [7, 11) is 5.03. The average molecular weight is 1980 g/mol. The molecule has 0 amide bonds. The summed E-state index contributed by atoms with van der Waals surface area (Å²) in [5.74, 6) is -2.76. The Bertz CT molecular complexity index is 6610. The van der Waals surface area contributed by atoms with Crippen LogP contribution in [-0.4, -0.2) is 196 Å². The first kappa shape index (κ1) is 97.7. The molecular formula is C99H101Br2N9O19S3. The number of hydrogen-bond donors (Lipinski definition) is 2. The molecule has 3 atom stereocenters. The Morgan fingerprint density at radius 1 is 0.424 bits per heavy atom. The molecule has 0 radical (unpaired) electrons. The monoisotopic (exact) mass is 1970 g/mol. The highest BCUT2D eigenvalue weighted by Crippen LogP contribution is 2.35. The van der Waals surface area contributed by atoms with E-state index in [9.17, 15) is 43.5 Å². The molecule has 2 N–H and O–H groups in total. The molecule has 0 aliphatic carbocycles. The number of methoxy groups -OCH3 is 3. The van der Waals surface area contributed by atoms with E-state index in [-0.39, 0.29) is 65.1 Å². The normalized spacial score (nSPS) is 14.5. The van der Waals surface area contributed by atoms with Gasteiger partial charge in [-0.25, -0.2) is 34.1 Å². The van der Waals surface area contributed by atoms with Crippen LogP contribution in [0.3, 0.4) is 0 Å². The van der Waals surface area contributed by atoms with Crippen molar-refractivity contribution in [3.05, 3.63) is 288 Å². The number of benzene rings is 7. The quantitative estimate of drug-likeness (QED) is 0.0261. The number of carbonyl (C=O) groups excluding carboxylic acids is 3. The lowest BCUT2D eigenvalue weighted by Crippen LogP contribution is -2.23. The zero-order valence-corrected chi connectivity index (χ0v) is 80.0. The number of aromatic carboxylic acids is 1. The summed E-state index contributed by atoms with van der Waals surface area (Å²) in [5, 5.41) is 15.7. The molecule has 3 aliphatic heterocycles. The number of carbonyl (C=O) groups is 4. The van der Waals surface area contributed by atoms with Gasteiger partial charge in [-0.05, 0) is 187 Å². The van der Waals surface area contributed by atoms with Gasteiger partial charge in [-0.1, -0.05) is 80.4 Å². The summed E-state index contributed by atoms with van der Waals surface area (Å²) >= 11 is 11.5. The number of hydrogen-bond acceptors (Lipinski definition) is 27.